The Hall–Kier alpha value is -3.54. The van der Waals surface area contributed by atoms with Crippen LogP contribution in [0.4, 0.5) is 0 Å². The molecule has 0 unspecified atom stereocenters. The first-order valence-corrected chi connectivity index (χ1v) is 11.8. The molecule has 0 aliphatic carbocycles. The second kappa shape index (κ2) is 5.58. The molecule has 0 amide bonds. The van der Waals surface area contributed by atoms with Crippen LogP contribution in [-0.4, -0.2) is 14.4 Å². The van der Waals surface area contributed by atoms with Gasteiger partial charge in [-0.15, -0.1) is 22.7 Å². The number of hydrogen-bond donors (Lipinski definition) is 0. The summed E-state index contributed by atoms with van der Waals surface area (Å²) in [4.78, 5) is 9.37. The maximum atomic E-state index is 4.73. The monoisotopic (exact) mass is 431 g/mol. The first kappa shape index (κ1) is 16.2. The van der Waals surface area contributed by atoms with Gasteiger partial charge in [0.25, 0.3) is 0 Å². The molecular formula is C26H13N3S2. The van der Waals surface area contributed by atoms with Gasteiger partial charge >= 0.3 is 0 Å². The lowest BCUT2D eigenvalue weighted by Crippen LogP contribution is -1.91. The normalized spacial score (nSPS) is 12.5. The molecule has 5 heteroatoms. The van der Waals surface area contributed by atoms with E-state index in [1.165, 1.54) is 45.7 Å². The number of pyridine rings is 2. The Labute approximate surface area is 183 Å². The largest absolute Gasteiger partial charge is 0.299 e. The highest BCUT2D eigenvalue weighted by atomic mass is 32.1. The predicted octanol–water partition coefficient (Wildman–Crippen LogP) is 7.77. The van der Waals surface area contributed by atoms with Crippen molar-refractivity contribution < 1.29 is 0 Å². The van der Waals surface area contributed by atoms with Gasteiger partial charge < -0.3 is 0 Å². The lowest BCUT2D eigenvalue weighted by molar-refractivity contribution is 1.27. The summed E-state index contributed by atoms with van der Waals surface area (Å²) in [6.45, 7) is 0. The summed E-state index contributed by atoms with van der Waals surface area (Å²) in [5.41, 5.74) is 3.13. The Morgan fingerprint density at radius 2 is 1.58 bits per heavy atom. The number of benzene rings is 3. The summed E-state index contributed by atoms with van der Waals surface area (Å²) >= 11 is 3.77. The molecule has 0 saturated carbocycles. The summed E-state index contributed by atoms with van der Waals surface area (Å²) in [5, 5.41) is 7.64. The number of imidazole rings is 1. The highest BCUT2D eigenvalue weighted by Gasteiger charge is 2.16. The molecule has 0 radical (unpaired) electrons. The van der Waals surface area contributed by atoms with Gasteiger partial charge in [0.2, 0.25) is 0 Å². The molecule has 0 spiro atoms. The van der Waals surface area contributed by atoms with Crippen LogP contribution in [-0.2, 0) is 0 Å². The Balaban J connectivity index is 1.64. The van der Waals surface area contributed by atoms with Crippen molar-refractivity contribution in [1.82, 2.24) is 14.4 Å². The van der Waals surface area contributed by atoms with Crippen molar-refractivity contribution in [2.75, 3.05) is 0 Å². The van der Waals surface area contributed by atoms with E-state index < -0.39 is 0 Å². The summed E-state index contributed by atoms with van der Waals surface area (Å²) in [6.07, 6.45) is 5.80. The fraction of sp³-hybridized carbons (Fsp3) is 0. The minimum absolute atomic E-state index is 0.960. The van der Waals surface area contributed by atoms with Crippen LogP contribution < -0.4 is 0 Å². The SMILES string of the molecule is c1ccc2c(c1)sc1c2ccc2sc3cc4c5ncccc5c5nccn5c4cc3c21. The van der Waals surface area contributed by atoms with Crippen LogP contribution in [0.1, 0.15) is 0 Å². The van der Waals surface area contributed by atoms with Crippen LogP contribution in [0.3, 0.4) is 0 Å². The van der Waals surface area contributed by atoms with Crippen LogP contribution in [0.25, 0.3) is 67.8 Å². The van der Waals surface area contributed by atoms with E-state index in [0.717, 1.165) is 22.1 Å². The summed E-state index contributed by atoms with van der Waals surface area (Å²) < 4.78 is 7.57. The van der Waals surface area contributed by atoms with E-state index in [9.17, 15) is 0 Å². The van der Waals surface area contributed by atoms with Crippen molar-refractivity contribution >= 4 is 90.5 Å². The second-order valence-corrected chi connectivity index (χ2v) is 10.0. The maximum absolute atomic E-state index is 4.73. The molecule has 0 saturated heterocycles. The van der Waals surface area contributed by atoms with E-state index in [2.05, 4.69) is 70.2 Å². The third kappa shape index (κ3) is 1.98. The molecule has 0 fully saturated rings. The first-order valence-electron chi connectivity index (χ1n) is 10.2. The minimum Gasteiger partial charge on any atom is -0.299 e. The van der Waals surface area contributed by atoms with E-state index in [1.54, 1.807) is 0 Å². The zero-order chi connectivity index (χ0) is 20.1. The van der Waals surface area contributed by atoms with Crippen molar-refractivity contribution in [1.29, 1.82) is 0 Å². The Morgan fingerprint density at radius 3 is 2.58 bits per heavy atom. The molecule has 0 bridgehead atoms. The van der Waals surface area contributed by atoms with Gasteiger partial charge in [0, 0.05) is 69.7 Å². The summed E-state index contributed by atoms with van der Waals surface area (Å²) in [7, 11) is 0. The third-order valence-corrected chi connectivity index (χ3v) is 8.62. The van der Waals surface area contributed by atoms with Crippen LogP contribution in [0, 0.1) is 0 Å². The van der Waals surface area contributed by atoms with Crippen molar-refractivity contribution in [3.8, 4) is 0 Å². The maximum Gasteiger partial charge on any atom is 0.146 e. The fourth-order valence-electron chi connectivity index (χ4n) is 4.96. The number of rotatable bonds is 0. The second-order valence-electron chi connectivity index (χ2n) is 7.90. The first-order chi connectivity index (χ1) is 15.4. The molecule has 8 rings (SSSR count). The van der Waals surface area contributed by atoms with E-state index in [-0.39, 0.29) is 0 Å². The Morgan fingerprint density at radius 1 is 0.645 bits per heavy atom. The molecular weight excluding hydrogens is 418 g/mol. The van der Waals surface area contributed by atoms with Gasteiger partial charge in [-0.2, -0.15) is 0 Å². The lowest BCUT2D eigenvalue weighted by Gasteiger charge is -2.08. The van der Waals surface area contributed by atoms with Crippen LogP contribution >= 0.6 is 22.7 Å². The van der Waals surface area contributed by atoms with Gasteiger partial charge in [0.05, 0.1) is 11.0 Å². The summed E-state index contributed by atoms with van der Waals surface area (Å²) in [6, 6.07) is 22.1. The van der Waals surface area contributed by atoms with E-state index in [1.807, 2.05) is 41.1 Å². The average molecular weight is 432 g/mol. The fourth-order valence-corrected chi connectivity index (χ4v) is 7.43. The number of aromatic nitrogens is 3. The smallest absolute Gasteiger partial charge is 0.146 e. The van der Waals surface area contributed by atoms with Crippen LogP contribution in [0.15, 0.2) is 79.3 Å². The molecule has 3 nitrogen and oxygen atoms in total. The molecule has 3 aromatic carbocycles. The van der Waals surface area contributed by atoms with Crippen molar-refractivity contribution in [2.24, 2.45) is 0 Å². The molecule has 31 heavy (non-hydrogen) atoms. The van der Waals surface area contributed by atoms with Crippen molar-refractivity contribution in [2.45, 2.75) is 0 Å². The quantitative estimate of drug-likeness (QED) is 0.230. The van der Waals surface area contributed by atoms with Gasteiger partial charge in [0.15, 0.2) is 0 Å². The number of fused-ring (bicyclic) bond motifs is 13. The average Bonchev–Trinajstić information content (AvgIpc) is 3.52. The minimum atomic E-state index is 0.960. The van der Waals surface area contributed by atoms with Gasteiger partial charge in [-0.05, 0) is 36.4 Å². The molecule has 0 aliphatic rings. The molecule has 8 aromatic rings. The number of hydrogen-bond acceptors (Lipinski definition) is 4. The van der Waals surface area contributed by atoms with E-state index >= 15 is 0 Å². The van der Waals surface area contributed by atoms with Gasteiger partial charge in [-0.3, -0.25) is 9.38 Å². The van der Waals surface area contributed by atoms with E-state index in [0.29, 0.717) is 0 Å². The van der Waals surface area contributed by atoms with Crippen LogP contribution in [0.5, 0.6) is 0 Å². The van der Waals surface area contributed by atoms with Crippen molar-refractivity contribution in [3.05, 3.63) is 79.3 Å². The highest BCUT2D eigenvalue weighted by molar-refractivity contribution is 7.29. The van der Waals surface area contributed by atoms with Crippen LogP contribution in [0.2, 0.25) is 0 Å². The molecule has 0 aliphatic heterocycles. The third-order valence-electron chi connectivity index (χ3n) is 6.30. The highest BCUT2D eigenvalue weighted by Crippen LogP contribution is 2.45. The van der Waals surface area contributed by atoms with Gasteiger partial charge in [-0.1, -0.05) is 24.3 Å². The summed E-state index contributed by atoms with van der Waals surface area (Å²) in [5.74, 6) is 0. The van der Waals surface area contributed by atoms with E-state index in [4.69, 9.17) is 4.98 Å². The molecule has 0 atom stereocenters. The number of thiophene rings is 2. The Bertz CT molecular complexity index is 2010. The Kier molecular flexibility index (Phi) is 2.91. The molecule has 5 heterocycles. The van der Waals surface area contributed by atoms with Gasteiger partial charge in [-0.25, -0.2) is 4.98 Å². The molecule has 144 valence electrons. The lowest BCUT2D eigenvalue weighted by atomic mass is 10.1. The van der Waals surface area contributed by atoms with Gasteiger partial charge in [0.1, 0.15) is 5.65 Å². The molecule has 5 aromatic heterocycles. The van der Waals surface area contributed by atoms with Crippen molar-refractivity contribution in [3.63, 3.8) is 0 Å². The number of nitrogens with zero attached hydrogens (tertiary/aromatic N) is 3. The zero-order valence-corrected chi connectivity index (χ0v) is 17.8. The molecule has 0 N–H and O–H groups in total. The zero-order valence-electron chi connectivity index (χ0n) is 16.2. The predicted molar refractivity (Wildman–Crippen MR) is 134 cm³/mol. The topological polar surface area (TPSA) is 30.2 Å². The standard InChI is InChI=1S/C26H13N3S2/c1-2-6-20-14(4-1)15-7-8-21-23(25(15)31-20)18-12-19-17(13-22(18)30-21)24-16(5-3-9-27-24)26-28-10-11-29(19)26/h1-13H.